The van der Waals surface area contributed by atoms with Crippen LogP contribution in [0, 0.1) is 5.92 Å². The van der Waals surface area contributed by atoms with E-state index in [2.05, 4.69) is 13.8 Å². The second-order valence-corrected chi connectivity index (χ2v) is 4.14. The highest BCUT2D eigenvalue weighted by Gasteiger charge is 2.11. The van der Waals surface area contributed by atoms with E-state index in [-0.39, 0.29) is 5.76 Å². The average Bonchev–Trinajstić information content (AvgIpc) is 2.72. The number of ether oxygens (including phenoxy) is 1. The van der Waals surface area contributed by atoms with Crippen molar-refractivity contribution in [3.8, 4) is 0 Å². The summed E-state index contributed by atoms with van der Waals surface area (Å²) in [5.74, 6) is 1.04. The Labute approximate surface area is 95.8 Å². The lowest BCUT2D eigenvalue weighted by atomic mass is 10.1. The number of carbonyl (C=O) groups excluding carboxylic acids is 1. The Bertz CT molecular complexity index is 331. The molecule has 90 valence electrons. The van der Waals surface area contributed by atoms with Crippen molar-refractivity contribution >= 4 is 5.97 Å². The molecule has 1 aromatic rings. The molecule has 1 aromatic heterocycles. The summed E-state index contributed by atoms with van der Waals surface area (Å²) in [4.78, 5) is 11.5. The van der Waals surface area contributed by atoms with Crippen molar-refractivity contribution in [2.75, 3.05) is 6.61 Å². The normalized spacial score (nSPS) is 10.8. The van der Waals surface area contributed by atoms with Gasteiger partial charge in [-0.25, -0.2) is 4.79 Å². The van der Waals surface area contributed by atoms with Gasteiger partial charge in [-0.2, -0.15) is 0 Å². The third-order valence-electron chi connectivity index (χ3n) is 2.22. The zero-order chi connectivity index (χ0) is 12.0. The Kier molecular flexibility index (Phi) is 5.05. The van der Waals surface area contributed by atoms with Crippen LogP contribution in [0.1, 0.15) is 43.0 Å². The van der Waals surface area contributed by atoms with Crippen LogP contribution in [0.2, 0.25) is 0 Å². The van der Waals surface area contributed by atoms with Gasteiger partial charge in [0.15, 0.2) is 0 Å². The molecular formula is C12H19NO3. The molecule has 1 heterocycles. The minimum absolute atomic E-state index is 0.227. The van der Waals surface area contributed by atoms with Crippen molar-refractivity contribution in [1.82, 2.24) is 0 Å². The first-order chi connectivity index (χ1) is 7.63. The van der Waals surface area contributed by atoms with E-state index in [4.69, 9.17) is 14.9 Å². The molecule has 0 amide bonds. The second kappa shape index (κ2) is 6.33. The lowest BCUT2D eigenvalue weighted by Crippen LogP contribution is -2.06. The van der Waals surface area contributed by atoms with Gasteiger partial charge in [-0.1, -0.05) is 13.8 Å². The Hall–Kier alpha value is -1.29. The lowest BCUT2D eigenvalue weighted by Gasteiger charge is -2.04. The van der Waals surface area contributed by atoms with E-state index >= 15 is 0 Å². The lowest BCUT2D eigenvalue weighted by molar-refractivity contribution is 0.0456. The van der Waals surface area contributed by atoms with Crippen LogP contribution in [0.5, 0.6) is 0 Å². The summed E-state index contributed by atoms with van der Waals surface area (Å²) < 4.78 is 10.2. The smallest absolute Gasteiger partial charge is 0.374 e. The summed E-state index contributed by atoms with van der Waals surface area (Å²) in [5.41, 5.74) is 5.37. The van der Waals surface area contributed by atoms with Crippen molar-refractivity contribution < 1.29 is 13.9 Å². The third-order valence-corrected chi connectivity index (χ3v) is 2.22. The molecule has 0 saturated carbocycles. The van der Waals surface area contributed by atoms with Crippen LogP contribution in [0.25, 0.3) is 0 Å². The monoisotopic (exact) mass is 225 g/mol. The standard InChI is InChI=1S/C12H19NO3/c1-9(2)4-3-7-15-12(14)11-6-5-10(8-13)16-11/h5-6,9H,3-4,7-8,13H2,1-2H3. The van der Waals surface area contributed by atoms with Gasteiger partial charge >= 0.3 is 5.97 Å². The molecule has 0 fully saturated rings. The highest BCUT2D eigenvalue weighted by Crippen LogP contribution is 2.09. The predicted molar refractivity (Wildman–Crippen MR) is 61.0 cm³/mol. The van der Waals surface area contributed by atoms with Crippen molar-refractivity contribution in [3.05, 3.63) is 23.7 Å². The molecule has 2 N–H and O–H groups in total. The molecule has 0 radical (unpaired) electrons. The molecule has 0 aliphatic carbocycles. The molecule has 0 spiro atoms. The van der Waals surface area contributed by atoms with E-state index in [0.717, 1.165) is 12.8 Å². The molecule has 0 unspecified atom stereocenters. The molecule has 16 heavy (non-hydrogen) atoms. The maximum atomic E-state index is 11.5. The quantitative estimate of drug-likeness (QED) is 0.596. The fraction of sp³-hybridized carbons (Fsp3) is 0.583. The van der Waals surface area contributed by atoms with Crippen LogP contribution in [0.15, 0.2) is 16.5 Å². The molecule has 0 aromatic carbocycles. The molecular weight excluding hydrogens is 206 g/mol. The fourth-order valence-electron chi connectivity index (χ4n) is 1.32. The first-order valence-corrected chi connectivity index (χ1v) is 5.59. The minimum Gasteiger partial charge on any atom is -0.460 e. The highest BCUT2D eigenvalue weighted by molar-refractivity contribution is 5.86. The number of nitrogens with two attached hydrogens (primary N) is 1. The van der Waals surface area contributed by atoms with Crippen molar-refractivity contribution in [2.45, 2.75) is 33.2 Å². The van der Waals surface area contributed by atoms with E-state index in [1.54, 1.807) is 12.1 Å². The van der Waals surface area contributed by atoms with Gasteiger partial charge in [0.2, 0.25) is 5.76 Å². The summed E-state index contributed by atoms with van der Waals surface area (Å²) in [6.45, 7) is 5.01. The van der Waals surface area contributed by atoms with Crippen LogP contribution in [-0.2, 0) is 11.3 Å². The summed E-state index contributed by atoms with van der Waals surface area (Å²) >= 11 is 0. The summed E-state index contributed by atoms with van der Waals surface area (Å²) in [6.07, 6.45) is 1.94. The third kappa shape index (κ3) is 4.06. The van der Waals surface area contributed by atoms with Gasteiger partial charge in [-0.3, -0.25) is 0 Å². The first kappa shape index (κ1) is 12.8. The Morgan fingerprint density at radius 3 is 2.81 bits per heavy atom. The molecule has 0 aliphatic heterocycles. The van der Waals surface area contributed by atoms with Gasteiger partial charge in [0.25, 0.3) is 0 Å². The zero-order valence-corrected chi connectivity index (χ0v) is 9.86. The van der Waals surface area contributed by atoms with E-state index in [9.17, 15) is 4.79 Å². The van der Waals surface area contributed by atoms with Crippen LogP contribution in [0.4, 0.5) is 0 Å². The van der Waals surface area contributed by atoms with Gasteiger partial charge < -0.3 is 14.9 Å². The van der Waals surface area contributed by atoms with E-state index in [1.807, 2.05) is 0 Å². The molecule has 0 atom stereocenters. The zero-order valence-electron chi connectivity index (χ0n) is 9.86. The summed E-state index contributed by atoms with van der Waals surface area (Å²) in [7, 11) is 0. The number of carbonyl (C=O) groups is 1. The van der Waals surface area contributed by atoms with Crippen molar-refractivity contribution in [2.24, 2.45) is 11.7 Å². The van der Waals surface area contributed by atoms with Crippen LogP contribution >= 0.6 is 0 Å². The second-order valence-electron chi connectivity index (χ2n) is 4.14. The number of hydrogen-bond acceptors (Lipinski definition) is 4. The highest BCUT2D eigenvalue weighted by atomic mass is 16.5. The van der Waals surface area contributed by atoms with Crippen LogP contribution < -0.4 is 5.73 Å². The first-order valence-electron chi connectivity index (χ1n) is 5.59. The largest absolute Gasteiger partial charge is 0.460 e. The van der Waals surface area contributed by atoms with E-state index in [0.29, 0.717) is 24.8 Å². The molecule has 4 heteroatoms. The SMILES string of the molecule is CC(C)CCCOC(=O)c1ccc(CN)o1. The molecule has 0 saturated heterocycles. The Morgan fingerprint density at radius 1 is 1.50 bits per heavy atom. The minimum atomic E-state index is -0.413. The van der Waals surface area contributed by atoms with Gasteiger partial charge in [0.05, 0.1) is 13.2 Å². The van der Waals surface area contributed by atoms with E-state index < -0.39 is 5.97 Å². The number of furan rings is 1. The predicted octanol–water partition coefficient (Wildman–Crippen LogP) is 2.33. The average molecular weight is 225 g/mol. The van der Waals surface area contributed by atoms with Gasteiger partial charge in [0.1, 0.15) is 5.76 Å². The molecule has 0 bridgehead atoms. The van der Waals surface area contributed by atoms with Gasteiger partial charge in [0, 0.05) is 0 Å². The molecule has 0 aliphatic rings. The Morgan fingerprint density at radius 2 is 2.25 bits per heavy atom. The number of esters is 1. The number of rotatable bonds is 6. The van der Waals surface area contributed by atoms with Crippen LogP contribution in [-0.4, -0.2) is 12.6 Å². The van der Waals surface area contributed by atoms with E-state index in [1.165, 1.54) is 0 Å². The van der Waals surface area contributed by atoms with Crippen LogP contribution in [0.3, 0.4) is 0 Å². The van der Waals surface area contributed by atoms with Gasteiger partial charge in [-0.05, 0) is 30.9 Å². The molecule has 4 nitrogen and oxygen atoms in total. The maximum absolute atomic E-state index is 11.5. The summed E-state index contributed by atoms with van der Waals surface area (Å²) in [5, 5.41) is 0. The van der Waals surface area contributed by atoms with Gasteiger partial charge in [-0.15, -0.1) is 0 Å². The Balaban J connectivity index is 2.29. The van der Waals surface area contributed by atoms with Crippen molar-refractivity contribution in [1.29, 1.82) is 0 Å². The molecule has 1 rings (SSSR count). The number of hydrogen-bond donors (Lipinski definition) is 1. The van der Waals surface area contributed by atoms with Crippen molar-refractivity contribution in [3.63, 3.8) is 0 Å². The fourth-order valence-corrected chi connectivity index (χ4v) is 1.32. The summed E-state index contributed by atoms with van der Waals surface area (Å²) in [6, 6.07) is 3.28. The topological polar surface area (TPSA) is 65.5 Å². The maximum Gasteiger partial charge on any atom is 0.374 e.